The number of halogens is 2. The van der Waals surface area contributed by atoms with E-state index in [1.54, 1.807) is 0 Å². The summed E-state index contributed by atoms with van der Waals surface area (Å²) in [6.07, 6.45) is 3.94. The Morgan fingerprint density at radius 2 is 1.94 bits per heavy atom. The molecule has 1 saturated carbocycles. The van der Waals surface area contributed by atoms with E-state index in [-0.39, 0.29) is 11.7 Å². The van der Waals surface area contributed by atoms with Gasteiger partial charge in [0.2, 0.25) is 0 Å². The average Bonchev–Trinajstić information content (AvgIpc) is 2.32. The zero-order valence-electron chi connectivity index (χ0n) is 9.88. The van der Waals surface area contributed by atoms with Crippen molar-refractivity contribution in [2.75, 3.05) is 0 Å². The van der Waals surface area contributed by atoms with Crippen molar-refractivity contribution in [2.45, 2.75) is 32.6 Å². The summed E-state index contributed by atoms with van der Waals surface area (Å²) in [5.74, 6) is 0.316. The molecule has 1 aromatic carbocycles. The fraction of sp³-hybridized carbons (Fsp3) is 0.500. The lowest BCUT2D eigenvalue weighted by atomic mass is 9.79. The number of hydrogen-bond donors (Lipinski definition) is 0. The highest BCUT2D eigenvalue weighted by molar-refractivity contribution is 6.34. The average molecular weight is 255 g/mol. The van der Waals surface area contributed by atoms with Crippen LogP contribution in [0, 0.1) is 17.7 Å². The first kappa shape index (κ1) is 12.6. The number of hydrogen-bond acceptors (Lipinski definition) is 1. The summed E-state index contributed by atoms with van der Waals surface area (Å²) in [5, 5.41) is 0.357. The molecule has 0 amide bonds. The van der Waals surface area contributed by atoms with Gasteiger partial charge in [0.25, 0.3) is 0 Å². The number of carbonyl (C=O) groups excluding carboxylic acids is 1. The second kappa shape index (κ2) is 5.18. The maximum atomic E-state index is 13.1. The first-order chi connectivity index (χ1) is 8.08. The number of rotatable bonds is 2. The molecular weight excluding hydrogens is 239 g/mol. The van der Waals surface area contributed by atoms with Crippen molar-refractivity contribution in [2.24, 2.45) is 11.8 Å². The molecule has 0 heterocycles. The van der Waals surface area contributed by atoms with Gasteiger partial charge in [-0.25, -0.2) is 4.39 Å². The van der Waals surface area contributed by atoms with Crippen LogP contribution in [-0.4, -0.2) is 5.78 Å². The Hall–Kier alpha value is -0.890. The first-order valence-corrected chi connectivity index (χ1v) is 6.45. The van der Waals surface area contributed by atoms with Gasteiger partial charge in [0.1, 0.15) is 5.82 Å². The molecule has 1 aromatic rings. The van der Waals surface area contributed by atoms with Crippen LogP contribution in [0.5, 0.6) is 0 Å². The molecule has 1 aliphatic rings. The Balaban J connectivity index is 2.16. The molecule has 1 fully saturated rings. The third kappa shape index (κ3) is 2.86. The Morgan fingerprint density at radius 1 is 1.29 bits per heavy atom. The van der Waals surface area contributed by atoms with Gasteiger partial charge in [-0.15, -0.1) is 0 Å². The van der Waals surface area contributed by atoms with Gasteiger partial charge in [0.05, 0.1) is 5.02 Å². The third-order valence-corrected chi connectivity index (χ3v) is 3.91. The third-order valence-electron chi connectivity index (χ3n) is 3.58. The lowest BCUT2D eigenvalue weighted by molar-refractivity contribution is 0.0875. The van der Waals surface area contributed by atoms with Gasteiger partial charge in [-0.3, -0.25) is 4.79 Å². The minimum Gasteiger partial charge on any atom is -0.294 e. The van der Waals surface area contributed by atoms with E-state index in [1.165, 1.54) is 18.2 Å². The molecule has 0 saturated heterocycles. The standard InChI is InChI=1S/C14H16ClFO/c1-9-2-4-10(5-3-9)14(17)12-8-11(16)6-7-13(12)15/h6-10H,2-5H2,1H3. The van der Waals surface area contributed by atoms with Crippen LogP contribution in [0.3, 0.4) is 0 Å². The number of Topliss-reactive ketones (excluding diaryl/α,β-unsaturated/α-hetero) is 1. The predicted octanol–water partition coefficient (Wildman–Crippen LogP) is 4.49. The molecule has 92 valence electrons. The van der Waals surface area contributed by atoms with E-state index in [2.05, 4.69) is 6.92 Å². The van der Waals surface area contributed by atoms with E-state index in [0.717, 1.165) is 25.7 Å². The Morgan fingerprint density at radius 3 is 2.59 bits per heavy atom. The van der Waals surface area contributed by atoms with Crippen LogP contribution >= 0.6 is 11.6 Å². The molecule has 2 rings (SSSR count). The van der Waals surface area contributed by atoms with Crippen molar-refractivity contribution < 1.29 is 9.18 Å². The maximum Gasteiger partial charge on any atom is 0.167 e. The van der Waals surface area contributed by atoms with Crippen molar-refractivity contribution in [1.82, 2.24) is 0 Å². The van der Waals surface area contributed by atoms with Crippen molar-refractivity contribution >= 4 is 17.4 Å². The molecule has 3 heteroatoms. The lowest BCUT2D eigenvalue weighted by Crippen LogP contribution is -2.21. The van der Waals surface area contributed by atoms with E-state index >= 15 is 0 Å². The number of carbonyl (C=O) groups is 1. The second-order valence-corrected chi connectivity index (χ2v) is 5.35. The smallest absolute Gasteiger partial charge is 0.167 e. The fourth-order valence-corrected chi connectivity index (χ4v) is 2.64. The van der Waals surface area contributed by atoms with Crippen molar-refractivity contribution in [3.05, 3.63) is 34.6 Å². The first-order valence-electron chi connectivity index (χ1n) is 6.07. The van der Waals surface area contributed by atoms with Crippen LogP contribution in [0.1, 0.15) is 43.0 Å². The van der Waals surface area contributed by atoms with Gasteiger partial charge in [-0.05, 0) is 37.0 Å². The number of ketones is 1. The quantitative estimate of drug-likeness (QED) is 0.711. The molecule has 0 aliphatic heterocycles. The summed E-state index contributed by atoms with van der Waals surface area (Å²) in [7, 11) is 0. The van der Waals surface area contributed by atoms with Crippen LogP contribution in [0.15, 0.2) is 18.2 Å². The van der Waals surface area contributed by atoms with E-state index in [9.17, 15) is 9.18 Å². The normalized spacial score (nSPS) is 24.6. The molecular formula is C14H16ClFO. The predicted molar refractivity (Wildman–Crippen MR) is 66.9 cm³/mol. The summed E-state index contributed by atoms with van der Waals surface area (Å²) >= 11 is 5.95. The summed E-state index contributed by atoms with van der Waals surface area (Å²) in [4.78, 5) is 12.2. The molecule has 17 heavy (non-hydrogen) atoms. The van der Waals surface area contributed by atoms with Crippen LogP contribution in [0.4, 0.5) is 4.39 Å². The Bertz CT molecular complexity index is 422. The van der Waals surface area contributed by atoms with Gasteiger partial charge >= 0.3 is 0 Å². The molecule has 0 radical (unpaired) electrons. The minimum atomic E-state index is -0.401. The van der Waals surface area contributed by atoms with Crippen molar-refractivity contribution in [3.63, 3.8) is 0 Å². The van der Waals surface area contributed by atoms with Crippen LogP contribution < -0.4 is 0 Å². The molecule has 0 spiro atoms. The van der Waals surface area contributed by atoms with Gasteiger partial charge in [-0.2, -0.15) is 0 Å². The van der Waals surface area contributed by atoms with Gasteiger partial charge in [-0.1, -0.05) is 31.4 Å². The summed E-state index contributed by atoms with van der Waals surface area (Å²) in [6, 6.07) is 3.99. The highest BCUT2D eigenvalue weighted by Gasteiger charge is 2.26. The van der Waals surface area contributed by atoms with Crippen LogP contribution in [0.25, 0.3) is 0 Å². The van der Waals surface area contributed by atoms with Crippen molar-refractivity contribution in [3.8, 4) is 0 Å². The van der Waals surface area contributed by atoms with Crippen molar-refractivity contribution in [1.29, 1.82) is 0 Å². The highest BCUT2D eigenvalue weighted by Crippen LogP contribution is 2.32. The molecule has 0 aromatic heterocycles. The maximum absolute atomic E-state index is 13.1. The zero-order chi connectivity index (χ0) is 12.4. The highest BCUT2D eigenvalue weighted by atomic mass is 35.5. The SMILES string of the molecule is CC1CCC(C(=O)c2cc(F)ccc2Cl)CC1. The van der Waals surface area contributed by atoms with Gasteiger partial charge in [0, 0.05) is 11.5 Å². The molecule has 1 aliphatic carbocycles. The minimum absolute atomic E-state index is 0.00130. The van der Waals surface area contributed by atoms with E-state index in [0.29, 0.717) is 16.5 Å². The van der Waals surface area contributed by atoms with E-state index in [4.69, 9.17) is 11.6 Å². The summed E-state index contributed by atoms with van der Waals surface area (Å²) < 4.78 is 13.1. The number of benzene rings is 1. The monoisotopic (exact) mass is 254 g/mol. The summed E-state index contributed by atoms with van der Waals surface area (Å²) in [5.41, 5.74) is 0.339. The molecule has 0 N–H and O–H groups in total. The molecule has 1 nitrogen and oxygen atoms in total. The van der Waals surface area contributed by atoms with E-state index in [1.807, 2.05) is 0 Å². The zero-order valence-corrected chi connectivity index (χ0v) is 10.6. The molecule has 0 bridgehead atoms. The topological polar surface area (TPSA) is 17.1 Å². The summed E-state index contributed by atoms with van der Waals surface area (Å²) in [6.45, 7) is 2.20. The fourth-order valence-electron chi connectivity index (χ4n) is 2.43. The Labute approximate surface area is 106 Å². The Kier molecular flexibility index (Phi) is 3.82. The van der Waals surface area contributed by atoms with Gasteiger partial charge in [0.15, 0.2) is 5.78 Å². The molecule has 0 atom stereocenters. The van der Waals surface area contributed by atoms with Crippen LogP contribution in [-0.2, 0) is 0 Å². The molecule has 0 unspecified atom stereocenters. The van der Waals surface area contributed by atoms with E-state index < -0.39 is 5.82 Å². The second-order valence-electron chi connectivity index (χ2n) is 4.95. The van der Waals surface area contributed by atoms with Gasteiger partial charge < -0.3 is 0 Å². The van der Waals surface area contributed by atoms with Crippen LogP contribution in [0.2, 0.25) is 5.02 Å². The lowest BCUT2D eigenvalue weighted by Gasteiger charge is -2.25. The largest absolute Gasteiger partial charge is 0.294 e.